The largest absolute Gasteiger partial charge is 0.326 e. The molecule has 0 heterocycles. The number of rotatable bonds is 5. The first-order valence-electron chi connectivity index (χ1n) is 5.51. The Morgan fingerprint density at radius 1 is 1.35 bits per heavy atom. The van der Waals surface area contributed by atoms with Crippen LogP contribution in [0.5, 0.6) is 0 Å². The maximum atomic E-state index is 12.9. The van der Waals surface area contributed by atoms with Gasteiger partial charge in [-0.3, -0.25) is 4.79 Å². The second-order valence-corrected chi connectivity index (χ2v) is 3.83. The van der Waals surface area contributed by atoms with Crippen LogP contribution in [-0.4, -0.2) is 19.0 Å². The van der Waals surface area contributed by atoms with Gasteiger partial charge < -0.3 is 10.6 Å². The number of halogens is 2. The average Bonchev–Trinajstić information content (AvgIpc) is 2.30. The minimum atomic E-state index is -0.970. The lowest BCUT2D eigenvalue weighted by Gasteiger charge is -2.12. The van der Waals surface area contributed by atoms with Crippen LogP contribution in [0.2, 0.25) is 0 Å². The standard InChI is InChI=1S/C12H16F2N2O/c1-3-15-7-8(2)12(17)16-9-4-5-10(13)11(14)6-9/h4-6,8,15H,3,7H2,1-2H3,(H,16,17). The summed E-state index contributed by atoms with van der Waals surface area (Å²) in [6.07, 6.45) is 0. The van der Waals surface area contributed by atoms with Crippen molar-refractivity contribution in [2.24, 2.45) is 5.92 Å². The molecule has 1 unspecified atom stereocenters. The van der Waals surface area contributed by atoms with Crippen molar-refractivity contribution in [1.82, 2.24) is 5.32 Å². The van der Waals surface area contributed by atoms with E-state index in [1.807, 2.05) is 6.92 Å². The highest BCUT2D eigenvalue weighted by Gasteiger charge is 2.13. The molecule has 2 N–H and O–H groups in total. The van der Waals surface area contributed by atoms with Crippen molar-refractivity contribution in [3.8, 4) is 0 Å². The lowest BCUT2D eigenvalue weighted by Crippen LogP contribution is -2.30. The van der Waals surface area contributed by atoms with Crippen LogP contribution in [0, 0.1) is 17.6 Å². The minimum Gasteiger partial charge on any atom is -0.326 e. The Kier molecular flexibility index (Phi) is 5.03. The van der Waals surface area contributed by atoms with Gasteiger partial charge in [-0.15, -0.1) is 0 Å². The van der Waals surface area contributed by atoms with Crippen molar-refractivity contribution < 1.29 is 13.6 Å². The summed E-state index contributed by atoms with van der Waals surface area (Å²) in [7, 11) is 0. The predicted octanol–water partition coefficient (Wildman–Crippen LogP) is 2.15. The van der Waals surface area contributed by atoms with Crippen molar-refractivity contribution >= 4 is 11.6 Å². The first-order chi connectivity index (χ1) is 8.04. The van der Waals surface area contributed by atoms with E-state index in [1.165, 1.54) is 6.07 Å². The molecule has 0 radical (unpaired) electrons. The number of anilines is 1. The van der Waals surface area contributed by atoms with Gasteiger partial charge in [0.25, 0.3) is 0 Å². The maximum absolute atomic E-state index is 12.9. The van der Waals surface area contributed by atoms with Crippen LogP contribution in [0.4, 0.5) is 14.5 Å². The summed E-state index contributed by atoms with van der Waals surface area (Å²) in [4.78, 5) is 11.6. The smallest absolute Gasteiger partial charge is 0.228 e. The highest BCUT2D eigenvalue weighted by atomic mass is 19.2. The number of carbonyl (C=O) groups excluding carboxylic acids is 1. The third-order valence-corrected chi connectivity index (χ3v) is 2.34. The van der Waals surface area contributed by atoms with E-state index in [4.69, 9.17) is 0 Å². The van der Waals surface area contributed by atoms with Gasteiger partial charge in [0.05, 0.1) is 0 Å². The van der Waals surface area contributed by atoms with Crippen LogP contribution in [0.25, 0.3) is 0 Å². The lowest BCUT2D eigenvalue weighted by atomic mass is 10.1. The summed E-state index contributed by atoms with van der Waals surface area (Å²) in [5.41, 5.74) is 0.261. The third kappa shape index (κ3) is 4.11. The fourth-order valence-corrected chi connectivity index (χ4v) is 1.29. The van der Waals surface area contributed by atoms with E-state index in [1.54, 1.807) is 6.92 Å². The van der Waals surface area contributed by atoms with Crippen LogP contribution in [0.15, 0.2) is 18.2 Å². The van der Waals surface area contributed by atoms with Gasteiger partial charge in [-0.1, -0.05) is 13.8 Å². The summed E-state index contributed by atoms with van der Waals surface area (Å²) in [5, 5.41) is 5.57. The number of nitrogens with one attached hydrogen (secondary N) is 2. The average molecular weight is 242 g/mol. The van der Waals surface area contributed by atoms with Gasteiger partial charge in [-0.2, -0.15) is 0 Å². The topological polar surface area (TPSA) is 41.1 Å². The van der Waals surface area contributed by atoms with Crippen LogP contribution < -0.4 is 10.6 Å². The van der Waals surface area contributed by atoms with Gasteiger partial charge in [-0.25, -0.2) is 8.78 Å². The lowest BCUT2D eigenvalue weighted by molar-refractivity contribution is -0.119. The summed E-state index contributed by atoms with van der Waals surface area (Å²) < 4.78 is 25.6. The van der Waals surface area contributed by atoms with Crippen molar-refractivity contribution in [2.75, 3.05) is 18.4 Å². The molecule has 0 saturated heterocycles. The van der Waals surface area contributed by atoms with Gasteiger partial charge in [0.2, 0.25) is 5.91 Å². The molecule has 1 amide bonds. The number of hydrogen-bond acceptors (Lipinski definition) is 2. The SMILES string of the molecule is CCNCC(C)C(=O)Nc1ccc(F)c(F)c1. The van der Waals surface area contributed by atoms with Gasteiger partial charge in [-0.05, 0) is 18.7 Å². The third-order valence-electron chi connectivity index (χ3n) is 2.34. The second kappa shape index (κ2) is 6.30. The Morgan fingerprint density at radius 3 is 2.65 bits per heavy atom. The Morgan fingerprint density at radius 2 is 2.06 bits per heavy atom. The molecule has 5 heteroatoms. The molecule has 0 aliphatic carbocycles. The van der Waals surface area contributed by atoms with Crippen molar-refractivity contribution in [2.45, 2.75) is 13.8 Å². The Balaban J connectivity index is 2.58. The fraction of sp³-hybridized carbons (Fsp3) is 0.417. The number of amides is 1. The van der Waals surface area contributed by atoms with E-state index < -0.39 is 11.6 Å². The summed E-state index contributed by atoms with van der Waals surface area (Å²) in [6, 6.07) is 3.28. The molecule has 0 fully saturated rings. The van der Waals surface area contributed by atoms with Crippen LogP contribution in [-0.2, 0) is 4.79 Å². The van der Waals surface area contributed by atoms with Crippen LogP contribution in [0.1, 0.15) is 13.8 Å². The molecular formula is C12H16F2N2O. The quantitative estimate of drug-likeness (QED) is 0.830. The molecule has 1 atom stereocenters. The van der Waals surface area contributed by atoms with Gasteiger partial charge >= 0.3 is 0 Å². The summed E-state index contributed by atoms with van der Waals surface area (Å²) in [5.74, 6) is -2.36. The zero-order valence-electron chi connectivity index (χ0n) is 9.89. The first-order valence-corrected chi connectivity index (χ1v) is 5.51. The number of hydrogen-bond donors (Lipinski definition) is 2. The molecule has 0 bridgehead atoms. The number of carbonyl (C=O) groups is 1. The molecule has 0 aromatic heterocycles. The van der Waals surface area contributed by atoms with E-state index in [9.17, 15) is 13.6 Å². The van der Waals surface area contributed by atoms with Crippen LogP contribution in [0.3, 0.4) is 0 Å². The van der Waals surface area contributed by atoms with Crippen molar-refractivity contribution in [3.63, 3.8) is 0 Å². The Hall–Kier alpha value is -1.49. The molecule has 3 nitrogen and oxygen atoms in total. The molecule has 0 saturated carbocycles. The molecule has 1 rings (SSSR count). The molecular weight excluding hydrogens is 226 g/mol. The monoisotopic (exact) mass is 242 g/mol. The Labute approximate surface area is 99.2 Å². The fourth-order valence-electron chi connectivity index (χ4n) is 1.29. The van der Waals surface area contributed by atoms with Gasteiger partial charge in [0.1, 0.15) is 0 Å². The highest BCUT2D eigenvalue weighted by molar-refractivity contribution is 5.92. The maximum Gasteiger partial charge on any atom is 0.228 e. The summed E-state index contributed by atoms with van der Waals surface area (Å²) >= 11 is 0. The molecule has 0 aliphatic rings. The van der Waals surface area contributed by atoms with E-state index in [-0.39, 0.29) is 17.5 Å². The normalized spacial score (nSPS) is 12.2. The van der Waals surface area contributed by atoms with Gasteiger partial charge in [0, 0.05) is 24.2 Å². The molecule has 94 valence electrons. The van der Waals surface area contributed by atoms with Crippen molar-refractivity contribution in [3.05, 3.63) is 29.8 Å². The molecule has 1 aromatic carbocycles. The van der Waals surface area contributed by atoms with E-state index in [2.05, 4.69) is 10.6 Å². The predicted molar refractivity (Wildman–Crippen MR) is 62.7 cm³/mol. The zero-order chi connectivity index (χ0) is 12.8. The summed E-state index contributed by atoms with van der Waals surface area (Å²) in [6.45, 7) is 5.03. The molecule has 17 heavy (non-hydrogen) atoms. The van der Waals surface area contributed by atoms with E-state index >= 15 is 0 Å². The first kappa shape index (κ1) is 13.6. The zero-order valence-corrected chi connectivity index (χ0v) is 9.89. The highest BCUT2D eigenvalue weighted by Crippen LogP contribution is 2.13. The Bertz CT molecular complexity index is 396. The molecule has 0 aliphatic heterocycles. The molecule has 1 aromatic rings. The molecule has 0 spiro atoms. The second-order valence-electron chi connectivity index (χ2n) is 3.83. The van der Waals surface area contributed by atoms with Crippen molar-refractivity contribution in [1.29, 1.82) is 0 Å². The van der Waals surface area contributed by atoms with Gasteiger partial charge in [0.15, 0.2) is 11.6 Å². The minimum absolute atomic E-state index is 0.225. The van der Waals surface area contributed by atoms with Crippen LogP contribution >= 0.6 is 0 Å². The van der Waals surface area contributed by atoms with E-state index in [0.717, 1.165) is 18.7 Å². The van der Waals surface area contributed by atoms with E-state index in [0.29, 0.717) is 6.54 Å². The number of benzene rings is 1.